The topological polar surface area (TPSA) is 67.4 Å². The lowest BCUT2D eigenvalue weighted by molar-refractivity contribution is 0.0322. The van der Waals surface area contributed by atoms with Gasteiger partial charge in [0.25, 0.3) is 0 Å². The zero-order valence-corrected chi connectivity index (χ0v) is 13.2. The molecule has 2 rings (SSSR count). The third-order valence-corrected chi connectivity index (χ3v) is 4.27. The van der Waals surface area contributed by atoms with Crippen LogP contribution in [0.2, 0.25) is 5.02 Å². The van der Waals surface area contributed by atoms with Gasteiger partial charge in [-0.1, -0.05) is 17.7 Å². The highest BCUT2D eigenvalue weighted by atomic mass is 35.5. The van der Waals surface area contributed by atoms with Crippen LogP contribution in [0.5, 0.6) is 0 Å². The molecule has 0 bridgehead atoms. The number of halogens is 2. The van der Waals surface area contributed by atoms with Gasteiger partial charge < -0.3 is 10.1 Å². The minimum Gasteiger partial charge on any atom is -0.372 e. The van der Waals surface area contributed by atoms with Gasteiger partial charge in [-0.2, -0.15) is 0 Å². The average molecular weight is 337 g/mol. The summed E-state index contributed by atoms with van der Waals surface area (Å²) in [5.41, 5.74) is 0.741. The van der Waals surface area contributed by atoms with Crippen molar-refractivity contribution >= 4 is 21.6 Å². The van der Waals surface area contributed by atoms with E-state index >= 15 is 0 Å². The lowest BCUT2D eigenvalue weighted by atomic mass is 9.95. The highest BCUT2D eigenvalue weighted by molar-refractivity contribution is 7.88. The Labute approximate surface area is 128 Å². The fourth-order valence-corrected chi connectivity index (χ4v) is 2.99. The monoisotopic (exact) mass is 336 g/mol. The maximum atomic E-state index is 13.3. The van der Waals surface area contributed by atoms with Crippen LogP contribution in [0.15, 0.2) is 18.2 Å². The van der Waals surface area contributed by atoms with E-state index in [1.54, 1.807) is 6.07 Å². The molecule has 1 heterocycles. The van der Waals surface area contributed by atoms with E-state index in [0.717, 1.165) is 11.8 Å². The quantitative estimate of drug-likeness (QED) is 0.870. The van der Waals surface area contributed by atoms with Crippen molar-refractivity contribution in [1.82, 2.24) is 10.0 Å². The van der Waals surface area contributed by atoms with Gasteiger partial charge in [-0.25, -0.2) is 17.5 Å². The fraction of sp³-hybridized carbons (Fsp3) is 0.538. The van der Waals surface area contributed by atoms with Gasteiger partial charge in [0.05, 0.1) is 24.0 Å². The summed E-state index contributed by atoms with van der Waals surface area (Å²) in [5.74, 6) is -0.596. The van der Waals surface area contributed by atoms with Crippen molar-refractivity contribution in [2.75, 3.05) is 32.5 Å². The Kier molecular flexibility index (Phi) is 5.56. The molecule has 0 spiro atoms. The first kappa shape index (κ1) is 16.6. The van der Waals surface area contributed by atoms with Crippen LogP contribution in [0, 0.1) is 11.7 Å². The van der Waals surface area contributed by atoms with Gasteiger partial charge in [0, 0.05) is 25.6 Å². The lowest BCUT2D eigenvalue weighted by Crippen LogP contribution is -2.36. The van der Waals surface area contributed by atoms with E-state index in [1.807, 2.05) is 0 Å². The molecule has 1 aliphatic heterocycles. The Morgan fingerprint density at radius 2 is 2.29 bits per heavy atom. The van der Waals surface area contributed by atoms with Crippen LogP contribution in [-0.2, 0) is 14.8 Å². The summed E-state index contributed by atoms with van der Waals surface area (Å²) in [6.07, 6.45) is 0.772. The fourth-order valence-electron chi connectivity index (χ4n) is 2.28. The molecule has 2 unspecified atom stereocenters. The first-order valence-electron chi connectivity index (χ1n) is 6.59. The van der Waals surface area contributed by atoms with Gasteiger partial charge in [-0.05, 0) is 17.7 Å². The molecule has 0 saturated carbocycles. The molecule has 2 atom stereocenters. The molecule has 1 aliphatic rings. The van der Waals surface area contributed by atoms with Crippen LogP contribution in [0.1, 0.15) is 11.7 Å². The second kappa shape index (κ2) is 7.02. The predicted octanol–water partition coefficient (Wildman–Crippen LogP) is 1.31. The van der Waals surface area contributed by atoms with Crippen LogP contribution in [0.4, 0.5) is 4.39 Å². The maximum Gasteiger partial charge on any atom is 0.208 e. The van der Waals surface area contributed by atoms with Gasteiger partial charge in [0.1, 0.15) is 5.82 Å². The van der Waals surface area contributed by atoms with Gasteiger partial charge in [-0.3, -0.25) is 0 Å². The second-order valence-corrected chi connectivity index (χ2v) is 7.29. The number of ether oxygens (including phenoxy) is 1. The SMILES string of the molecule is CS(=O)(=O)NCC1CNCCOC1c1ccc(F)c(Cl)c1. The molecule has 1 fully saturated rings. The minimum atomic E-state index is -3.28. The van der Waals surface area contributed by atoms with E-state index in [2.05, 4.69) is 10.0 Å². The van der Waals surface area contributed by atoms with Crippen molar-refractivity contribution in [3.63, 3.8) is 0 Å². The number of nitrogens with one attached hydrogen (secondary N) is 2. The molecule has 2 N–H and O–H groups in total. The molecule has 1 saturated heterocycles. The number of benzene rings is 1. The van der Waals surface area contributed by atoms with Crippen LogP contribution in [0.3, 0.4) is 0 Å². The molecule has 21 heavy (non-hydrogen) atoms. The molecule has 8 heteroatoms. The van der Waals surface area contributed by atoms with E-state index in [0.29, 0.717) is 19.7 Å². The maximum absolute atomic E-state index is 13.3. The molecular weight excluding hydrogens is 319 g/mol. The summed E-state index contributed by atoms with van der Waals surface area (Å²) < 4.78 is 44.1. The van der Waals surface area contributed by atoms with Crippen molar-refractivity contribution in [1.29, 1.82) is 0 Å². The van der Waals surface area contributed by atoms with Gasteiger partial charge in [-0.15, -0.1) is 0 Å². The zero-order chi connectivity index (χ0) is 15.5. The van der Waals surface area contributed by atoms with Crippen molar-refractivity contribution < 1.29 is 17.5 Å². The van der Waals surface area contributed by atoms with Crippen molar-refractivity contribution in [3.8, 4) is 0 Å². The minimum absolute atomic E-state index is 0.0307. The summed E-state index contributed by atoms with van der Waals surface area (Å²) in [6, 6.07) is 4.44. The third-order valence-electron chi connectivity index (χ3n) is 3.29. The first-order chi connectivity index (χ1) is 9.87. The first-order valence-corrected chi connectivity index (χ1v) is 8.85. The normalized spacial score (nSPS) is 23.8. The molecule has 118 valence electrons. The molecular formula is C13H18ClFN2O3S. The summed E-state index contributed by atoms with van der Waals surface area (Å²) in [7, 11) is -3.28. The Morgan fingerprint density at radius 3 is 2.95 bits per heavy atom. The number of sulfonamides is 1. The van der Waals surface area contributed by atoms with Crippen LogP contribution in [0.25, 0.3) is 0 Å². The molecule has 1 aromatic carbocycles. The predicted molar refractivity (Wildman–Crippen MR) is 79.3 cm³/mol. The molecule has 0 aromatic heterocycles. The van der Waals surface area contributed by atoms with Crippen LogP contribution >= 0.6 is 11.6 Å². The molecule has 5 nitrogen and oxygen atoms in total. The van der Waals surface area contributed by atoms with E-state index in [4.69, 9.17) is 16.3 Å². The van der Waals surface area contributed by atoms with E-state index in [9.17, 15) is 12.8 Å². The largest absolute Gasteiger partial charge is 0.372 e. The molecule has 0 amide bonds. The molecule has 1 aromatic rings. The Hall–Kier alpha value is -0.730. The Morgan fingerprint density at radius 1 is 1.52 bits per heavy atom. The second-order valence-electron chi connectivity index (χ2n) is 5.05. The average Bonchev–Trinajstić information content (AvgIpc) is 2.64. The van der Waals surface area contributed by atoms with Gasteiger partial charge >= 0.3 is 0 Å². The highest BCUT2D eigenvalue weighted by Gasteiger charge is 2.27. The summed E-state index contributed by atoms with van der Waals surface area (Å²) >= 11 is 5.81. The Bertz CT molecular complexity index is 597. The Balaban J connectivity index is 2.20. The van der Waals surface area contributed by atoms with E-state index in [1.165, 1.54) is 12.1 Å². The summed E-state index contributed by atoms with van der Waals surface area (Å²) in [4.78, 5) is 0. The number of rotatable bonds is 4. The summed E-state index contributed by atoms with van der Waals surface area (Å²) in [6.45, 7) is 2.02. The molecule has 0 radical (unpaired) electrons. The highest BCUT2D eigenvalue weighted by Crippen LogP contribution is 2.29. The van der Waals surface area contributed by atoms with Crippen LogP contribution in [-0.4, -0.2) is 40.9 Å². The van der Waals surface area contributed by atoms with Crippen molar-refractivity contribution in [2.24, 2.45) is 5.92 Å². The third kappa shape index (κ3) is 4.89. The van der Waals surface area contributed by atoms with Crippen molar-refractivity contribution in [2.45, 2.75) is 6.10 Å². The van der Waals surface area contributed by atoms with Gasteiger partial charge in [0.2, 0.25) is 10.0 Å². The van der Waals surface area contributed by atoms with Crippen molar-refractivity contribution in [3.05, 3.63) is 34.6 Å². The number of hydrogen-bond donors (Lipinski definition) is 2. The summed E-state index contributed by atoms with van der Waals surface area (Å²) in [5, 5.41) is 3.22. The lowest BCUT2D eigenvalue weighted by Gasteiger charge is -2.25. The molecule has 0 aliphatic carbocycles. The standard InChI is InChI=1S/C13H18ClFN2O3S/c1-21(18,19)17-8-10-7-16-4-5-20-13(10)9-2-3-12(15)11(14)6-9/h2-3,6,10,13,16-17H,4-5,7-8H2,1H3. The van der Waals surface area contributed by atoms with E-state index < -0.39 is 15.8 Å². The number of hydrogen-bond acceptors (Lipinski definition) is 4. The van der Waals surface area contributed by atoms with E-state index in [-0.39, 0.29) is 23.6 Å². The van der Waals surface area contributed by atoms with Crippen LogP contribution < -0.4 is 10.0 Å². The zero-order valence-electron chi connectivity index (χ0n) is 11.6. The van der Waals surface area contributed by atoms with Gasteiger partial charge in [0.15, 0.2) is 0 Å². The smallest absolute Gasteiger partial charge is 0.208 e.